The summed E-state index contributed by atoms with van der Waals surface area (Å²) in [7, 11) is 0. The van der Waals surface area contributed by atoms with E-state index in [-0.39, 0.29) is 54.3 Å². The molecule has 0 fully saturated rings. The first kappa shape index (κ1) is 43.9. The van der Waals surface area contributed by atoms with Gasteiger partial charge < -0.3 is 5.11 Å². The van der Waals surface area contributed by atoms with Crippen molar-refractivity contribution in [2.45, 2.75) is 130 Å². The number of hydrogen-bond donors (Lipinski definition) is 1. The van der Waals surface area contributed by atoms with Crippen LogP contribution < -0.4 is 4.74 Å². The fourth-order valence-electron chi connectivity index (χ4n) is 7.34. The Bertz CT molecular complexity index is 1880. The van der Waals surface area contributed by atoms with Gasteiger partial charge in [0.15, 0.2) is 5.78 Å². The Balaban J connectivity index is 0.000000389. The van der Waals surface area contributed by atoms with E-state index in [2.05, 4.69) is 101 Å². The van der Waals surface area contributed by atoms with Crippen molar-refractivity contribution >= 4 is 40.6 Å². The number of benzene rings is 3. The third kappa shape index (κ3) is 11.3. The Morgan fingerprint density at radius 3 is 2.04 bits per heavy atom. The van der Waals surface area contributed by atoms with Gasteiger partial charge in [0.05, 0.1) is 5.76 Å². The van der Waals surface area contributed by atoms with Crippen LogP contribution in [0.1, 0.15) is 112 Å². The van der Waals surface area contributed by atoms with Gasteiger partial charge in [0.25, 0.3) is 0 Å². The number of ether oxygens (including phenoxy) is 1. The topological polar surface area (TPSA) is 59.4 Å². The van der Waals surface area contributed by atoms with Crippen LogP contribution >= 0.6 is 0 Å². The number of allylic oxidation sites excluding steroid dienone is 2. The van der Waals surface area contributed by atoms with Gasteiger partial charge in [-0.15, -0.1) is 0 Å². The zero-order chi connectivity index (χ0) is 37.9. The second kappa shape index (κ2) is 17.8. The van der Waals surface area contributed by atoms with Crippen LogP contribution in [0.25, 0.3) is 32.8 Å². The monoisotopic (exact) mass is 945 g/mol. The standard InChI is InChI=1S/C33H40GeNO.C13H24O2.Ir/c1-32(2,3)18-21-10-11-25-24(14-21)17-26-30-29-23(12-13-35-30)15-22(20-34(7,8)9)16-28(29)36-31(26)27(25)19-33(4,5)6;1-5-10(6-2)12(14)9-13(15)11(7-3)8-4;/h10-16H,18-20H2,1-9H3;9-11,14H,5-8H2,1-4H3;/q-1;;/b;12-9-;. The smallest absolute Gasteiger partial charge is 0.162 e. The molecule has 1 N–H and O–H groups in total. The van der Waals surface area contributed by atoms with Crippen LogP contribution in [0.4, 0.5) is 0 Å². The SMILES string of the molecule is CC(C)(C)Cc1ccc2c(CC(C)(C)C)c3c([c-]c2c1)-c1nccc2cc([CH2][Ge]([CH3])([CH3])[CH3])cc(c12)O3.CCC(CC)C(=O)/C=C(\O)C(CC)CC.[Ir]. The number of fused-ring (bicyclic) bond motifs is 3. The van der Waals surface area contributed by atoms with Crippen molar-refractivity contribution in [3.8, 4) is 22.8 Å². The van der Waals surface area contributed by atoms with E-state index in [1.54, 1.807) is 0 Å². The van der Waals surface area contributed by atoms with Crippen LogP contribution in [0.3, 0.4) is 0 Å². The van der Waals surface area contributed by atoms with Gasteiger partial charge in [0, 0.05) is 38.0 Å². The van der Waals surface area contributed by atoms with Crippen LogP contribution in [0.2, 0.25) is 17.3 Å². The molecule has 0 amide bonds. The number of carbonyl (C=O) groups excluding carboxylic acids is 1. The van der Waals surface area contributed by atoms with E-state index in [9.17, 15) is 9.90 Å². The number of hydrogen-bond acceptors (Lipinski definition) is 4. The minimum absolute atomic E-state index is 0. The predicted octanol–water partition coefficient (Wildman–Crippen LogP) is 13.4. The van der Waals surface area contributed by atoms with Crippen LogP contribution in [-0.2, 0) is 43.0 Å². The van der Waals surface area contributed by atoms with Crippen molar-refractivity contribution in [1.82, 2.24) is 4.98 Å². The molecule has 285 valence electrons. The molecule has 0 saturated heterocycles. The molecule has 0 aliphatic carbocycles. The number of aromatic nitrogens is 1. The Hall–Kier alpha value is -2.47. The summed E-state index contributed by atoms with van der Waals surface area (Å²) in [6, 6.07) is 17.5. The molecule has 3 aromatic carbocycles. The van der Waals surface area contributed by atoms with Gasteiger partial charge in [0.2, 0.25) is 0 Å². The van der Waals surface area contributed by atoms with E-state index < -0.39 is 13.3 Å². The zero-order valence-corrected chi connectivity index (χ0v) is 38.8. The third-order valence-corrected chi connectivity index (χ3v) is 12.8. The molecule has 5 rings (SSSR count). The van der Waals surface area contributed by atoms with Gasteiger partial charge >= 0.3 is 194 Å². The summed E-state index contributed by atoms with van der Waals surface area (Å²) in [6.45, 7) is 21.9. The second-order valence-corrected chi connectivity index (χ2v) is 29.8. The average Bonchev–Trinajstić information content (AvgIpc) is 3.00. The zero-order valence-electron chi connectivity index (χ0n) is 34.3. The molecule has 52 heavy (non-hydrogen) atoms. The molecule has 0 spiro atoms. The van der Waals surface area contributed by atoms with Crippen molar-refractivity contribution in [1.29, 1.82) is 0 Å². The molecule has 0 unspecified atom stereocenters. The quantitative estimate of drug-likeness (QED) is 0.0620. The molecule has 0 saturated carbocycles. The molecule has 6 heteroatoms. The number of aliphatic hydroxyl groups excluding tert-OH is 1. The Kier molecular flexibility index (Phi) is 15.0. The summed E-state index contributed by atoms with van der Waals surface area (Å²) in [5.74, 6) is 9.87. The molecule has 0 atom stereocenters. The molecule has 4 aromatic rings. The first-order valence-electron chi connectivity index (χ1n) is 19.3. The number of rotatable bonds is 11. The van der Waals surface area contributed by atoms with Gasteiger partial charge in [-0.1, -0.05) is 48.5 Å². The van der Waals surface area contributed by atoms with E-state index in [4.69, 9.17) is 9.72 Å². The molecule has 0 bridgehead atoms. The van der Waals surface area contributed by atoms with Crippen molar-refractivity contribution in [3.63, 3.8) is 0 Å². The van der Waals surface area contributed by atoms with E-state index in [0.717, 1.165) is 72.1 Å². The minimum atomic E-state index is -1.78. The molecule has 2 heterocycles. The molecular weight excluding hydrogens is 879 g/mol. The first-order chi connectivity index (χ1) is 23.8. The van der Waals surface area contributed by atoms with Gasteiger partial charge in [-0.3, -0.25) is 4.79 Å². The number of ketones is 1. The van der Waals surface area contributed by atoms with Crippen molar-refractivity contribution in [2.24, 2.45) is 22.7 Å². The Morgan fingerprint density at radius 2 is 1.48 bits per heavy atom. The summed E-state index contributed by atoms with van der Waals surface area (Å²) < 4.78 is 6.85. The van der Waals surface area contributed by atoms with Gasteiger partial charge in [-0.2, -0.15) is 0 Å². The van der Waals surface area contributed by atoms with E-state index in [1.165, 1.54) is 38.8 Å². The first-order valence-corrected chi connectivity index (χ1v) is 27.1. The van der Waals surface area contributed by atoms with E-state index in [0.29, 0.717) is 0 Å². The third-order valence-electron chi connectivity index (χ3n) is 9.76. The van der Waals surface area contributed by atoms with Crippen molar-refractivity contribution in [3.05, 3.63) is 77.2 Å². The second-order valence-electron chi connectivity index (χ2n) is 18.4. The molecule has 1 radical (unpaired) electrons. The normalized spacial score (nSPS) is 13.1. The number of pyridine rings is 1. The predicted molar refractivity (Wildman–Crippen MR) is 221 cm³/mol. The van der Waals surface area contributed by atoms with Crippen LogP contribution in [0, 0.1) is 28.7 Å². The fraction of sp³-hybridized carbons (Fsp3) is 0.522. The maximum atomic E-state index is 11.7. The Labute approximate surface area is 331 Å². The maximum Gasteiger partial charge on any atom is 0.162 e. The van der Waals surface area contributed by atoms with Gasteiger partial charge in [-0.25, -0.2) is 0 Å². The van der Waals surface area contributed by atoms with Crippen LogP contribution in [-0.4, -0.2) is 29.1 Å². The van der Waals surface area contributed by atoms with Gasteiger partial charge in [-0.05, 0) is 31.1 Å². The number of aliphatic hydroxyl groups is 1. The van der Waals surface area contributed by atoms with Crippen LogP contribution in [0.15, 0.2) is 54.4 Å². The summed E-state index contributed by atoms with van der Waals surface area (Å²) in [4.78, 5) is 16.6. The number of nitrogens with zero attached hydrogens (tertiary/aromatic N) is 1. The maximum absolute atomic E-state index is 11.7. The van der Waals surface area contributed by atoms with Crippen molar-refractivity contribution in [2.75, 3.05) is 0 Å². The largest absolute Gasteiger partial charge is 0.512 e. The molecule has 1 aliphatic heterocycles. The van der Waals surface area contributed by atoms with Gasteiger partial charge in [0.1, 0.15) is 0 Å². The van der Waals surface area contributed by atoms with E-state index >= 15 is 0 Å². The molecular formula is C46H64GeIrNO3-. The Morgan fingerprint density at radius 1 is 0.865 bits per heavy atom. The van der Waals surface area contributed by atoms with Crippen molar-refractivity contribution < 1.29 is 34.7 Å². The summed E-state index contributed by atoms with van der Waals surface area (Å²) in [5, 5.41) is 15.7. The minimum Gasteiger partial charge on any atom is -0.512 e. The molecule has 4 nitrogen and oxygen atoms in total. The van der Waals surface area contributed by atoms with Crippen LogP contribution in [0.5, 0.6) is 11.5 Å². The molecule has 1 aromatic heterocycles. The summed E-state index contributed by atoms with van der Waals surface area (Å²) in [6.07, 6.45) is 8.83. The molecule has 1 aliphatic rings. The van der Waals surface area contributed by atoms with E-state index in [1.807, 2.05) is 33.9 Å². The summed E-state index contributed by atoms with van der Waals surface area (Å²) >= 11 is -1.78. The summed E-state index contributed by atoms with van der Waals surface area (Å²) in [5.41, 5.74) is 6.39. The number of carbonyl (C=O) groups is 1. The average molecular weight is 944 g/mol. The fourth-order valence-corrected chi connectivity index (χ4v) is 10.3.